The van der Waals surface area contributed by atoms with Gasteiger partial charge in [-0.05, 0) is 55.8 Å². The highest BCUT2D eigenvalue weighted by atomic mass is 32.1. The van der Waals surface area contributed by atoms with E-state index in [-0.39, 0.29) is 22.6 Å². The summed E-state index contributed by atoms with van der Waals surface area (Å²) in [4.78, 5) is 46.4. The van der Waals surface area contributed by atoms with Crippen LogP contribution in [-0.4, -0.2) is 39.6 Å². The maximum Gasteiger partial charge on any atom is 0.291 e. The third-order valence-electron chi connectivity index (χ3n) is 6.82. The smallest absolute Gasteiger partial charge is 0.291 e. The summed E-state index contributed by atoms with van der Waals surface area (Å²) in [7, 11) is 0. The minimum atomic E-state index is -0.424. The van der Waals surface area contributed by atoms with E-state index in [2.05, 4.69) is 22.3 Å². The van der Waals surface area contributed by atoms with Gasteiger partial charge in [-0.15, -0.1) is 5.10 Å². The van der Waals surface area contributed by atoms with Crippen LogP contribution in [0.3, 0.4) is 0 Å². The maximum absolute atomic E-state index is 13.7. The number of rotatable bonds is 8. The van der Waals surface area contributed by atoms with Gasteiger partial charge in [0, 0.05) is 16.8 Å². The third kappa shape index (κ3) is 5.09. The number of carbonyl (C=O) groups is 2. The minimum absolute atomic E-state index is 0.190. The first-order chi connectivity index (χ1) is 19.9. The van der Waals surface area contributed by atoms with Crippen LogP contribution in [0.1, 0.15) is 30.9 Å². The number of nitrogens with one attached hydrogen (secondary N) is 1. The van der Waals surface area contributed by atoms with Crippen LogP contribution in [0.5, 0.6) is 5.75 Å². The van der Waals surface area contributed by atoms with Crippen LogP contribution >= 0.6 is 11.3 Å². The Morgan fingerprint density at radius 3 is 2.49 bits per heavy atom. The summed E-state index contributed by atoms with van der Waals surface area (Å²) in [6, 6.07) is 22.0. The van der Waals surface area contributed by atoms with Gasteiger partial charge in [-0.25, -0.2) is 0 Å². The van der Waals surface area contributed by atoms with Crippen molar-refractivity contribution in [3.05, 3.63) is 98.8 Å². The van der Waals surface area contributed by atoms with Crippen LogP contribution in [0.4, 0.5) is 11.4 Å². The average molecular weight is 566 g/mol. The number of ether oxygens (including phenoxy) is 1. The Hall–Kier alpha value is -4.83. The van der Waals surface area contributed by atoms with Crippen LogP contribution in [0, 0.1) is 6.92 Å². The Morgan fingerprint density at radius 2 is 1.76 bits per heavy atom. The number of aromatic nitrogens is 3. The van der Waals surface area contributed by atoms with E-state index in [1.807, 2.05) is 55.5 Å². The summed E-state index contributed by atoms with van der Waals surface area (Å²) in [6.07, 6.45) is 2.05. The highest BCUT2D eigenvalue weighted by Gasteiger charge is 2.35. The van der Waals surface area contributed by atoms with Crippen molar-refractivity contribution in [1.29, 1.82) is 0 Å². The lowest BCUT2D eigenvalue weighted by atomic mass is 10.1. The fourth-order valence-corrected chi connectivity index (χ4v) is 5.68. The first-order valence-electron chi connectivity index (χ1n) is 13.4. The van der Waals surface area contributed by atoms with Crippen LogP contribution in [-0.2, 0) is 9.59 Å². The van der Waals surface area contributed by atoms with Crippen LogP contribution in [0.25, 0.3) is 21.9 Å². The van der Waals surface area contributed by atoms with Crippen molar-refractivity contribution in [2.75, 3.05) is 23.4 Å². The molecule has 0 spiro atoms. The molecule has 10 heteroatoms. The summed E-state index contributed by atoms with van der Waals surface area (Å²) in [6.45, 7) is 4.55. The number of fused-ring (bicyclic) bond motifs is 2. The standard InChI is InChI=1S/C31H27N5O4S/c1-3-4-17-40-22-15-11-20(12-16-22)28-33-31-36(34-28)30(39)27(41-31)26-23-7-5-6-8-24(23)35(29(26)38)18-25(37)32-21-13-9-19(2)10-14-21/h5-16H,3-4,17-18H2,1-2H3,(H,32,37)/b27-26-. The predicted octanol–water partition coefficient (Wildman–Crippen LogP) is 4.21. The highest BCUT2D eigenvalue weighted by molar-refractivity contribution is 7.15. The molecule has 0 unspecified atom stereocenters. The van der Waals surface area contributed by atoms with Crippen molar-refractivity contribution in [2.45, 2.75) is 26.7 Å². The number of anilines is 2. The summed E-state index contributed by atoms with van der Waals surface area (Å²) >= 11 is 1.11. The number of carbonyl (C=O) groups excluding carboxylic acids is 2. The molecule has 0 saturated carbocycles. The summed E-state index contributed by atoms with van der Waals surface area (Å²) in [5.74, 6) is 0.430. The number of hydrogen-bond acceptors (Lipinski definition) is 7. The molecule has 9 nitrogen and oxygen atoms in total. The monoisotopic (exact) mass is 565 g/mol. The molecule has 0 bridgehead atoms. The van der Waals surface area contributed by atoms with Crippen molar-refractivity contribution in [3.8, 4) is 17.1 Å². The fraction of sp³-hybridized carbons (Fsp3) is 0.194. The van der Waals surface area contributed by atoms with Gasteiger partial charge in [0.15, 0.2) is 5.82 Å². The van der Waals surface area contributed by atoms with E-state index in [9.17, 15) is 14.4 Å². The first-order valence-corrected chi connectivity index (χ1v) is 14.2. The van der Waals surface area contributed by atoms with Gasteiger partial charge in [0.1, 0.15) is 16.8 Å². The summed E-state index contributed by atoms with van der Waals surface area (Å²) in [5, 5.41) is 7.28. The molecule has 3 heterocycles. The second-order valence-electron chi connectivity index (χ2n) is 9.79. The normalized spacial score (nSPS) is 14.0. The topological polar surface area (TPSA) is 106 Å². The fourth-order valence-electron chi connectivity index (χ4n) is 4.68. The Bertz CT molecular complexity index is 1880. The minimum Gasteiger partial charge on any atom is -0.494 e. The largest absolute Gasteiger partial charge is 0.494 e. The van der Waals surface area contributed by atoms with E-state index in [1.54, 1.807) is 24.3 Å². The molecule has 1 aliphatic heterocycles. The molecule has 0 radical (unpaired) electrons. The lowest BCUT2D eigenvalue weighted by molar-refractivity contribution is -0.118. The van der Waals surface area contributed by atoms with Gasteiger partial charge < -0.3 is 10.1 Å². The molecule has 1 N–H and O–H groups in total. The van der Waals surface area contributed by atoms with E-state index >= 15 is 0 Å². The zero-order valence-corrected chi connectivity index (χ0v) is 23.4. The quantitative estimate of drug-likeness (QED) is 0.283. The second-order valence-corrected chi connectivity index (χ2v) is 10.8. The van der Waals surface area contributed by atoms with E-state index in [4.69, 9.17) is 4.74 Å². The molecule has 0 fully saturated rings. The van der Waals surface area contributed by atoms with Gasteiger partial charge in [-0.3, -0.25) is 19.3 Å². The number of nitrogens with zero attached hydrogens (tertiary/aromatic N) is 4. The number of unbranched alkanes of at least 4 members (excludes halogenated alkanes) is 1. The molecular weight excluding hydrogens is 538 g/mol. The molecule has 0 saturated heterocycles. The van der Waals surface area contributed by atoms with Gasteiger partial charge in [-0.2, -0.15) is 9.50 Å². The molecule has 2 aromatic heterocycles. The van der Waals surface area contributed by atoms with Crippen LogP contribution < -0.4 is 25.0 Å². The predicted molar refractivity (Wildman–Crippen MR) is 159 cm³/mol. The van der Waals surface area contributed by atoms with E-state index in [1.165, 1.54) is 9.42 Å². The van der Waals surface area contributed by atoms with Crippen molar-refractivity contribution < 1.29 is 14.3 Å². The lowest BCUT2D eigenvalue weighted by Gasteiger charge is -2.16. The van der Waals surface area contributed by atoms with Crippen LogP contribution in [0.15, 0.2) is 77.6 Å². The van der Waals surface area contributed by atoms with Crippen LogP contribution in [0.2, 0.25) is 0 Å². The molecule has 6 rings (SSSR count). The molecular formula is C31H27N5O4S. The molecule has 0 atom stereocenters. The summed E-state index contributed by atoms with van der Waals surface area (Å²) < 4.78 is 7.19. The first kappa shape index (κ1) is 26.4. The number of para-hydroxylation sites is 1. The molecule has 1 aliphatic rings. The number of hydrogen-bond donors (Lipinski definition) is 1. The lowest BCUT2D eigenvalue weighted by Crippen LogP contribution is -2.37. The van der Waals surface area contributed by atoms with E-state index in [0.29, 0.717) is 34.3 Å². The molecule has 5 aromatic rings. The van der Waals surface area contributed by atoms with Gasteiger partial charge >= 0.3 is 0 Å². The maximum atomic E-state index is 13.7. The van der Waals surface area contributed by atoms with Crippen molar-refractivity contribution >= 4 is 45.1 Å². The SMILES string of the molecule is CCCCOc1ccc(-c2nc3s/c(=C4\C(=O)N(CC(=O)Nc5ccc(C)cc5)c5ccccc54)c(=O)n3n2)cc1. The van der Waals surface area contributed by atoms with Crippen molar-refractivity contribution in [3.63, 3.8) is 0 Å². The Kier molecular flexibility index (Phi) is 7.07. The molecule has 2 amide bonds. The number of thiazole rings is 1. The molecule has 206 valence electrons. The number of benzene rings is 3. The van der Waals surface area contributed by atoms with Gasteiger partial charge in [-0.1, -0.05) is 60.6 Å². The van der Waals surface area contributed by atoms with Gasteiger partial charge in [0.05, 0.1) is 17.9 Å². The number of amides is 2. The molecule has 0 aliphatic carbocycles. The number of aryl methyl sites for hydroxylation is 1. The zero-order valence-electron chi connectivity index (χ0n) is 22.6. The van der Waals surface area contributed by atoms with Gasteiger partial charge in [0.25, 0.3) is 11.5 Å². The second kappa shape index (κ2) is 11.0. The van der Waals surface area contributed by atoms with Gasteiger partial charge in [0.2, 0.25) is 10.9 Å². The Labute approximate surface area is 239 Å². The average Bonchev–Trinajstić information content (AvgIpc) is 3.61. The third-order valence-corrected chi connectivity index (χ3v) is 7.85. The van der Waals surface area contributed by atoms with E-state index in [0.717, 1.165) is 41.1 Å². The summed E-state index contributed by atoms with van der Waals surface area (Å²) in [5.41, 5.74) is 3.48. The van der Waals surface area contributed by atoms with Crippen molar-refractivity contribution in [2.24, 2.45) is 0 Å². The Balaban J connectivity index is 1.30. The molecule has 41 heavy (non-hydrogen) atoms. The zero-order chi connectivity index (χ0) is 28.5. The highest BCUT2D eigenvalue weighted by Crippen LogP contribution is 2.35. The Morgan fingerprint density at radius 1 is 1.00 bits per heavy atom. The molecule has 3 aromatic carbocycles. The van der Waals surface area contributed by atoms with Crippen molar-refractivity contribution in [1.82, 2.24) is 14.6 Å². The van der Waals surface area contributed by atoms with E-state index < -0.39 is 11.5 Å².